The molecular formula is C11H10BrCl2N3O2S. The van der Waals surface area contributed by atoms with E-state index in [0.29, 0.717) is 15.2 Å². The Morgan fingerprint density at radius 1 is 1.35 bits per heavy atom. The third kappa shape index (κ3) is 2.95. The van der Waals surface area contributed by atoms with Crippen molar-refractivity contribution in [3.05, 3.63) is 38.7 Å². The van der Waals surface area contributed by atoms with E-state index in [9.17, 15) is 8.42 Å². The van der Waals surface area contributed by atoms with Gasteiger partial charge < -0.3 is 4.57 Å². The summed E-state index contributed by atoms with van der Waals surface area (Å²) < 4.78 is 28.9. The van der Waals surface area contributed by atoms with Gasteiger partial charge >= 0.3 is 0 Å². The van der Waals surface area contributed by atoms with Crippen LogP contribution in [0.1, 0.15) is 5.56 Å². The van der Waals surface area contributed by atoms with Crippen molar-refractivity contribution >= 4 is 54.8 Å². The third-order valence-corrected chi connectivity index (χ3v) is 5.50. The van der Waals surface area contributed by atoms with Crippen LogP contribution in [0.4, 0.5) is 5.69 Å². The Morgan fingerprint density at radius 3 is 2.55 bits per heavy atom. The molecule has 0 saturated heterocycles. The highest BCUT2D eigenvalue weighted by Gasteiger charge is 2.23. The summed E-state index contributed by atoms with van der Waals surface area (Å²) in [6, 6.07) is 3.25. The number of benzene rings is 1. The minimum absolute atomic E-state index is 0.0341. The molecule has 0 aliphatic heterocycles. The Bertz CT molecular complexity index is 774. The highest BCUT2D eigenvalue weighted by Crippen LogP contribution is 2.31. The molecule has 5 nitrogen and oxygen atoms in total. The molecule has 0 radical (unpaired) electrons. The van der Waals surface area contributed by atoms with Gasteiger partial charge in [-0.15, -0.1) is 0 Å². The van der Waals surface area contributed by atoms with Crippen LogP contribution in [0.3, 0.4) is 0 Å². The number of anilines is 1. The van der Waals surface area contributed by atoms with E-state index in [1.807, 2.05) is 6.92 Å². The smallest absolute Gasteiger partial charge is 0.282 e. The van der Waals surface area contributed by atoms with Gasteiger partial charge in [-0.05, 0) is 40.5 Å². The monoisotopic (exact) mass is 397 g/mol. The summed E-state index contributed by atoms with van der Waals surface area (Å²) >= 11 is 15.2. The van der Waals surface area contributed by atoms with E-state index in [-0.39, 0.29) is 10.2 Å². The van der Waals surface area contributed by atoms with Crippen LogP contribution in [0.5, 0.6) is 0 Å². The van der Waals surface area contributed by atoms with Crippen molar-refractivity contribution in [2.45, 2.75) is 11.9 Å². The topological polar surface area (TPSA) is 64.0 Å². The molecule has 0 aliphatic carbocycles. The molecule has 1 aromatic heterocycles. The van der Waals surface area contributed by atoms with Gasteiger partial charge in [0, 0.05) is 16.5 Å². The van der Waals surface area contributed by atoms with Crippen molar-refractivity contribution in [1.29, 1.82) is 0 Å². The lowest BCUT2D eigenvalue weighted by atomic mass is 10.2. The predicted molar refractivity (Wildman–Crippen MR) is 82.9 cm³/mol. The molecule has 2 aromatic rings. The molecular weight excluding hydrogens is 389 g/mol. The van der Waals surface area contributed by atoms with Crippen LogP contribution in [0.2, 0.25) is 10.2 Å². The van der Waals surface area contributed by atoms with Crippen LogP contribution in [0, 0.1) is 6.92 Å². The van der Waals surface area contributed by atoms with Gasteiger partial charge in [0.1, 0.15) is 5.15 Å². The van der Waals surface area contributed by atoms with Crippen LogP contribution in [0.25, 0.3) is 0 Å². The molecule has 0 atom stereocenters. The first-order valence-electron chi connectivity index (χ1n) is 5.37. The molecule has 0 spiro atoms. The highest BCUT2D eigenvalue weighted by atomic mass is 79.9. The van der Waals surface area contributed by atoms with E-state index in [0.717, 1.165) is 5.56 Å². The first-order valence-corrected chi connectivity index (χ1v) is 8.41. The zero-order valence-electron chi connectivity index (χ0n) is 10.5. The lowest BCUT2D eigenvalue weighted by Crippen LogP contribution is -2.14. The van der Waals surface area contributed by atoms with Gasteiger partial charge in [0.25, 0.3) is 10.0 Å². The van der Waals surface area contributed by atoms with Gasteiger partial charge in [-0.1, -0.05) is 23.2 Å². The van der Waals surface area contributed by atoms with Gasteiger partial charge in [-0.2, -0.15) is 8.42 Å². The van der Waals surface area contributed by atoms with E-state index >= 15 is 0 Å². The summed E-state index contributed by atoms with van der Waals surface area (Å²) in [5, 5.41) is 0.259. The number of imidazole rings is 1. The molecule has 0 amide bonds. The lowest BCUT2D eigenvalue weighted by Gasteiger charge is -2.10. The number of aromatic nitrogens is 2. The maximum Gasteiger partial charge on any atom is 0.282 e. The van der Waals surface area contributed by atoms with Crippen LogP contribution < -0.4 is 4.72 Å². The number of nitrogens with one attached hydrogen (secondary N) is 1. The summed E-state index contributed by atoms with van der Waals surface area (Å²) in [7, 11) is -2.27. The first kappa shape index (κ1) is 15.6. The van der Waals surface area contributed by atoms with E-state index in [4.69, 9.17) is 23.2 Å². The van der Waals surface area contributed by atoms with E-state index in [1.165, 1.54) is 17.0 Å². The minimum atomic E-state index is -3.88. The van der Waals surface area contributed by atoms with Gasteiger partial charge in [0.2, 0.25) is 5.03 Å². The summed E-state index contributed by atoms with van der Waals surface area (Å²) in [5.74, 6) is 0. The summed E-state index contributed by atoms with van der Waals surface area (Å²) in [6.07, 6.45) is 1.33. The van der Waals surface area contributed by atoms with Crippen LogP contribution >= 0.6 is 39.1 Å². The normalized spacial score (nSPS) is 11.7. The van der Waals surface area contributed by atoms with Gasteiger partial charge in [0.05, 0.1) is 12.0 Å². The van der Waals surface area contributed by atoms with Crippen LogP contribution in [-0.4, -0.2) is 18.0 Å². The molecule has 0 saturated carbocycles. The Morgan fingerprint density at radius 2 is 2.00 bits per heavy atom. The Hall–Kier alpha value is -0.760. The number of hydrogen-bond acceptors (Lipinski definition) is 3. The molecule has 1 N–H and O–H groups in total. The third-order valence-electron chi connectivity index (χ3n) is 2.58. The summed E-state index contributed by atoms with van der Waals surface area (Å²) in [5.41, 5.74) is 1.15. The average Bonchev–Trinajstić information content (AvgIpc) is 2.67. The van der Waals surface area contributed by atoms with Crippen molar-refractivity contribution in [1.82, 2.24) is 9.55 Å². The van der Waals surface area contributed by atoms with Gasteiger partial charge in [0.15, 0.2) is 0 Å². The van der Waals surface area contributed by atoms with E-state index in [1.54, 1.807) is 13.1 Å². The Kier molecular flexibility index (Phi) is 4.34. The number of aryl methyl sites for hydroxylation is 2. The second kappa shape index (κ2) is 5.55. The highest BCUT2D eigenvalue weighted by molar-refractivity contribution is 9.10. The zero-order chi connectivity index (χ0) is 15.1. The molecule has 0 bridgehead atoms. The van der Waals surface area contributed by atoms with Crippen LogP contribution in [-0.2, 0) is 17.1 Å². The second-order valence-corrected chi connectivity index (χ2v) is 7.36. The van der Waals surface area contributed by atoms with E-state index < -0.39 is 10.0 Å². The Balaban J connectivity index is 2.44. The Labute approximate surface area is 135 Å². The van der Waals surface area contributed by atoms with Crippen molar-refractivity contribution in [2.24, 2.45) is 7.05 Å². The van der Waals surface area contributed by atoms with Crippen molar-refractivity contribution < 1.29 is 8.42 Å². The average molecular weight is 399 g/mol. The molecule has 108 valence electrons. The molecule has 2 rings (SSSR count). The molecule has 1 aromatic carbocycles. The van der Waals surface area contributed by atoms with Gasteiger partial charge in [-0.3, -0.25) is 4.72 Å². The molecule has 1 heterocycles. The van der Waals surface area contributed by atoms with Crippen LogP contribution in [0.15, 0.2) is 28.0 Å². The van der Waals surface area contributed by atoms with Gasteiger partial charge in [-0.25, -0.2) is 4.98 Å². The fraction of sp³-hybridized carbons (Fsp3) is 0.182. The minimum Gasteiger partial charge on any atom is -0.324 e. The molecule has 0 fully saturated rings. The number of nitrogens with zero attached hydrogens (tertiary/aromatic N) is 2. The number of rotatable bonds is 3. The van der Waals surface area contributed by atoms with Crippen molar-refractivity contribution in [3.8, 4) is 0 Å². The molecule has 0 unspecified atom stereocenters. The lowest BCUT2D eigenvalue weighted by molar-refractivity contribution is 0.598. The number of hydrogen-bond donors (Lipinski definition) is 1. The largest absolute Gasteiger partial charge is 0.324 e. The summed E-state index contributed by atoms with van der Waals surface area (Å²) in [6.45, 7) is 1.82. The standard InChI is InChI=1S/C11H10BrCl2N3O2S/c1-6-3-7(12)9(4-8(6)13)16-20(18,19)11-10(14)17(2)5-15-11/h3-5,16H,1-2H3. The van der Waals surface area contributed by atoms with E-state index in [2.05, 4.69) is 25.6 Å². The number of halogens is 3. The molecule has 20 heavy (non-hydrogen) atoms. The predicted octanol–water partition coefficient (Wildman–Crippen LogP) is 3.60. The number of sulfonamides is 1. The maximum absolute atomic E-state index is 12.2. The molecule has 0 aliphatic rings. The maximum atomic E-state index is 12.2. The summed E-state index contributed by atoms with van der Waals surface area (Å²) in [4.78, 5) is 3.79. The quantitative estimate of drug-likeness (QED) is 0.858. The second-order valence-electron chi connectivity index (χ2n) is 4.14. The first-order chi connectivity index (χ1) is 9.22. The fourth-order valence-corrected chi connectivity index (χ4v) is 3.85. The SMILES string of the molecule is Cc1cc(Br)c(NS(=O)(=O)c2ncn(C)c2Cl)cc1Cl. The molecule has 9 heteroatoms. The van der Waals surface area contributed by atoms with Crippen molar-refractivity contribution in [3.63, 3.8) is 0 Å². The zero-order valence-corrected chi connectivity index (χ0v) is 14.4. The fourth-order valence-electron chi connectivity index (χ4n) is 1.49. The van der Waals surface area contributed by atoms with Crippen molar-refractivity contribution in [2.75, 3.05) is 4.72 Å².